The molecule has 80 valence electrons. The Morgan fingerprint density at radius 1 is 1.40 bits per heavy atom. The van der Waals surface area contributed by atoms with Crippen molar-refractivity contribution in [2.45, 2.75) is 6.42 Å². The van der Waals surface area contributed by atoms with Gasteiger partial charge in [-0.3, -0.25) is 0 Å². The molecule has 0 unspecified atom stereocenters. The van der Waals surface area contributed by atoms with Gasteiger partial charge >= 0.3 is 0 Å². The molecule has 2 rings (SSSR count). The van der Waals surface area contributed by atoms with Crippen LogP contribution in [-0.4, -0.2) is 13.7 Å². The van der Waals surface area contributed by atoms with E-state index in [2.05, 4.69) is 6.58 Å². The number of nitrogens with zero attached hydrogens (tertiary/aromatic N) is 1. The SMILES string of the molecule is C=C1CCOc2cc(F)cc(F)c2N1C. The van der Waals surface area contributed by atoms with Crippen LogP contribution in [0.2, 0.25) is 0 Å². The molecule has 15 heavy (non-hydrogen) atoms. The monoisotopic (exact) mass is 211 g/mol. The van der Waals surface area contributed by atoms with Gasteiger partial charge in [0, 0.05) is 31.3 Å². The number of hydrogen-bond donors (Lipinski definition) is 0. The molecule has 1 aromatic carbocycles. The van der Waals surface area contributed by atoms with E-state index in [1.807, 2.05) is 0 Å². The highest BCUT2D eigenvalue weighted by Gasteiger charge is 2.21. The van der Waals surface area contributed by atoms with E-state index in [1.165, 1.54) is 6.07 Å². The molecule has 0 atom stereocenters. The van der Waals surface area contributed by atoms with E-state index in [0.717, 1.165) is 11.8 Å². The first-order chi connectivity index (χ1) is 7.09. The molecule has 0 aliphatic carbocycles. The Bertz CT molecular complexity index is 417. The minimum atomic E-state index is -0.632. The number of fused-ring (bicyclic) bond motifs is 1. The smallest absolute Gasteiger partial charge is 0.153 e. The third-order valence-electron chi connectivity index (χ3n) is 2.45. The second-order valence-corrected chi connectivity index (χ2v) is 3.46. The number of benzene rings is 1. The fourth-order valence-electron chi connectivity index (χ4n) is 1.58. The maximum Gasteiger partial charge on any atom is 0.153 e. The quantitative estimate of drug-likeness (QED) is 0.654. The Morgan fingerprint density at radius 2 is 2.13 bits per heavy atom. The molecule has 1 heterocycles. The van der Waals surface area contributed by atoms with E-state index in [0.29, 0.717) is 13.0 Å². The van der Waals surface area contributed by atoms with E-state index < -0.39 is 11.6 Å². The fraction of sp³-hybridized carbons (Fsp3) is 0.273. The molecular weight excluding hydrogens is 200 g/mol. The Balaban J connectivity index is 2.58. The summed E-state index contributed by atoms with van der Waals surface area (Å²) in [4.78, 5) is 1.59. The highest BCUT2D eigenvalue weighted by atomic mass is 19.1. The molecule has 1 aliphatic rings. The van der Waals surface area contributed by atoms with Crippen molar-refractivity contribution in [1.82, 2.24) is 0 Å². The van der Waals surface area contributed by atoms with Gasteiger partial charge in [-0.25, -0.2) is 8.78 Å². The largest absolute Gasteiger partial charge is 0.491 e. The summed E-state index contributed by atoms with van der Waals surface area (Å²) in [6, 6.07) is 2.03. The minimum absolute atomic E-state index is 0.230. The van der Waals surface area contributed by atoms with E-state index in [9.17, 15) is 8.78 Å². The third kappa shape index (κ3) is 1.67. The lowest BCUT2D eigenvalue weighted by molar-refractivity contribution is 0.325. The Kier molecular flexibility index (Phi) is 2.34. The lowest BCUT2D eigenvalue weighted by atomic mass is 10.2. The van der Waals surface area contributed by atoms with Gasteiger partial charge in [0.25, 0.3) is 0 Å². The summed E-state index contributed by atoms with van der Waals surface area (Å²) in [7, 11) is 1.69. The van der Waals surface area contributed by atoms with Gasteiger partial charge < -0.3 is 9.64 Å². The van der Waals surface area contributed by atoms with Gasteiger partial charge in [-0.1, -0.05) is 6.58 Å². The average Bonchev–Trinajstić information content (AvgIpc) is 2.27. The van der Waals surface area contributed by atoms with Gasteiger partial charge in [0.1, 0.15) is 17.3 Å². The standard InChI is InChI=1S/C11H11F2NO/c1-7-3-4-15-10-6-8(12)5-9(13)11(10)14(7)2/h5-6H,1,3-4H2,2H3. The first kappa shape index (κ1) is 9.96. The van der Waals surface area contributed by atoms with Crippen LogP contribution >= 0.6 is 0 Å². The molecule has 1 aromatic rings. The summed E-state index contributed by atoms with van der Waals surface area (Å²) in [6.07, 6.45) is 0.603. The number of halogens is 2. The average molecular weight is 211 g/mol. The van der Waals surface area contributed by atoms with Gasteiger partial charge in [0.05, 0.1) is 6.61 Å². The second-order valence-electron chi connectivity index (χ2n) is 3.46. The van der Waals surface area contributed by atoms with Crippen LogP contribution in [0.25, 0.3) is 0 Å². The number of ether oxygens (including phenoxy) is 1. The van der Waals surface area contributed by atoms with Crippen LogP contribution in [0, 0.1) is 11.6 Å². The van der Waals surface area contributed by atoms with Crippen molar-refractivity contribution in [2.75, 3.05) is 18.6 Å². The maximum atomic E-state index is 13.5. The predicted octanol–water partition coefficient (Wildman–Crippen LogP) is 2.70. The van der Waals surface area contributed by atoms with Crippen LogP contribution in [0.4, 0.5) is 14.5 Å². The molecule has 1 aliphatic heterocycles. The third-order valence-corrected chi connectivity index (χ3v) is 2.45. The summed E-state index contributed by atoms with van der Waals surface area (Å²) < 4.78 is 31.8. The van der Waals surface area contributed by atoms with Gasteiger partial charge in [0.15, 0.2) is 5.82 Å². The normalized spacial score (nSPS) is 15.7. The van der Waals surface area contributed by atoms with Gasteiger partial charge in [-0.05, 0) is 0 Å². The maximum absolute atomic E-state index is 13.5. The summed E-state index contributed by atoms with van der Waals surface area (Å²) in [6.45, 7) is 4.19. The molecule has 2 nitrogen and oxygen atoms in total. The number of anilines is 1. The number of hydrogen-bond acceptors (Lipinski definition) is 2. The molecule has 0 saturated heterocycles. The van der Waals surface area contributed by atoms with E-state index in [-0.39, 0.29) is 11.4 Å². The van der Waals surface area contributed by atoms with Crippen LogP contribution < -0.4 is 9.64 Å². The van der Waals surface area contributed by atoms with Crippen molar-refractivity contribution in [2.24, 2.45) is 0 Å². The molecule has 0 N–H and O–H groups in total. The highest BCUT2D eigenvalue weighted by Crippen LogP contribution is 2.36. The van der Waals surface area contributed by atoms with E-state index >= 15 is 0 Å². The van der Waals surface area contributed by atoms with Crippen LogP contribution in [0.3, 0.4) is 0 Å². The van der Waals surface area contributed by atoms with Crippen molar-refractivity contribution in [1.29, 1.82) is 0 Å². The van der Waals surface area contributed by atoms with E-state index in [1.54, 1.807) is 11.9 Å². The van der Waals surface area contributed by atoms with E-state index in [4.69, 9.17) is 4.74 Å². The lowest BCUT2D eigenvalue weighted by Crippen LogP contribution is -2.15. The molecule has 4 heteroatoms. The summed E-state index contributed by atoms with van der Waals surface area (Å²) >= 11 is 0. The molecular formula is C11H11F2NO. The Hall–Kier alpha value is -1.58. The first-order valence-corrected chi connectivity index (χ1v) is 4.63. The molecule has 0 radical (unpaired) electrons. The summed E-state index contributed by atoms with van der Waals surface area (Å²) in [5.74, 6) is -1.03. The van der Waals surface area contributed by atoms with Crippen LogP contribution in [0.15, 0.2) is 24.4 Å². The minimum Gasteiger partial charge on any atom is -0.491 e. The fourth-order valence-corrected chi connectivity index (χ4v) is 1.58. The second kappa shape index (κ2) is 3.53. The Morgan fingerprint density at radius 3 is 2.87 bits per heavy atom. The van der Waals surface area contributed by atoms with Gasteiger partial charge in [0.2, 0.25) is 0 Å². The molecule has 0 aromatic heterocycles. The zero-order valence-electron chi connectivity index (χ0n) is 8.39. The van der Waals surface area contributed by atoms with Gasteiger partial charge in [-0.15, -0.1) is 0 Å². The molecule has 0 saturated carbocycles. The lowest BCUT2D eigenvalue weighted by Gasteiger charge is -2.20. The van der Waals surface area contributed by atoms with Crippen molar-refractivity contribution < 1.29 is 13.5 Å². The van der Waals surface area contributed by atoms with Crippen molar-refractivity contribution >= 4 is 5.69 Å². The van der Waals surface area contributed by atoms with Crippen LogP contribution in [0.1, 0.15) is 6.42 Å². The van der Waals surface area contributed by atoms with Gasteiger partial charge in [-0.2, -0.15) is 0 Å². The van der Waals surface area contributed by atoms with Crippen molar-refractivity contribution in [3.63, 3.8) is 0 Å². The topological polar surface area (TPSA) is 12.5 Å². The molecule has 0 spiro atoms. The molecule has 0 amide bonds. The van der Waals surface area contributed by atoms with Crippen LogP contribution in [0.5, 0.6) is 5.75 Å². The molecule has 0 bridgehead atoms. The van der Waals surface area contributed by atoms with Crippen molar-refractivity contribution in [3.05, 3.63) is 36.0 Å². The highest BCUT2D eigenvalue weighted by molar-refractivity contribution is 5.63. The zero-order chi connectivity index (χ0) is 11.0. The Labute approximate surface area is 86.8 Å². The predicted molar refractivity (Wildman–Crippen MR) is 54.0 cm³/mol. The molecule has 0 fully saturated rings. The van der Waals surface area contributed by atoms with Crippen LogP contribution in [-0.2, 0) is 0 Å². The zero-order valence-corrected chi connectivity index (χ0v) is 8.39. The number of rotatable bonds is 0. The van der Waals surface area contributed by atoms with Crippen molar-refractivity contribution in [3.8, 4) is 5.75 Å². The summed E-state index contributed by atoms with van der Waals surface area (Å²) in [5.41, 5.74) is 0.998. The summed E-state index contributed by atoms with van der Waals surface area (Å²) in [5, 5.41) is 0. The first-order valence-electron chi connectivity index (χ1n) is 4.63.